The van der Waals surface area contributed by atoms with Gasteiger partial charge >= 0.3 is 23.8 Å². The molecule has 86 heavy (non-hydrogen) atoms. The standard InChI is InChI=1S/C30H28ClF2N3O5.C18H20ClFN2O3.C10H6FNO3.C4H10O/c1-18(2)17-40-30(39)27(37)16-36(15-19-7-9-20(10-8-19)23-13-21(31)11-12-25(23)33)34-29(38)28-14-26(35-41-28)22-5-3-4-6-24(22)32;1-2-25-18(24)17(23)11-22(21)10-12-3-5-13(6-4-12)15-9-14(19)7-8-16(15)20;11-7-4-2-1-3-6(7)8-5-9(10(13)14)15-12-8;1-4(2)3-5/h3-14,18,27,37H,15-17H2,1-2H3,(H,34,38);3-9,17,23H,2,10-11,21H2,1H3;1-5H,(H,13,14);4-5H,3H2,1-2H3/t27-;17-;;/m11../s1. The predicted octanol–water partition coefficient (Wildman–Crippen LogP) is 11.2. The summed E-state index contributed by atoms with van der Waals surface area (Å²) in [5.41, 5.74) is 6.82. The van der Waals surface area contributed by atoms with Gasteiger partial charge in [0.2, 0.25) is 11.5 Å². The van der Waals surface area contributed by atoms with Crippen LogP contribution in [0.15, 0.2) is 155 Å². The zero-order valence-electron chi connectivity index (χ0n) is 47.3. The Labute approximate surface area is 503 Å². The number of aromatic carboxylic acids is 1. The largest absolute Gasteiger partial charge is 0.475 e. The van der Waals surface area contributed by atoms with Gasteiger partial charge in [0.1, 0.15) is 34.7 Å². The molecule has 1 amide bonds. The Kier molecular flexibility index (Phi) is 27.1. The van der Waals surface area contributed by atoms with Crippen LogP contribution in [0.3, 0.4) is 0 Å². The van der Waals surface area contributed by atoms with Crippen LogP contribution in [0.1, 0.15) is 66.9 Å². The first-order valence-electron chi connectivity index (χ1n) is 26.6. The van der Waals surface area contributed by atoms with Crippen molar-refractivity contribution in [3.05, 3.63) is 202 Å². The summed E-state index contributed by atoms with van der Waals surface area (Å²) >= 11 is 11.9. The van der Waals surface area contributed by atoms with E-state index in [0.717, 1.165) is 5.56 Å². The van der Waals surface area contributed by atoms with Gasteiger partial charge in [0.05, 0.1) is 26.3 Å². The van der Waals surface area contributed by atoms with Crippen molar-refractivity contribution in [1.29, 1.82) is 0 Å². The third kappa shape index (κ3) is 21.6. The van der Waals surface area contributed by atoms with Crippen LogP contribution in [0.2, 0.25) is 10.0 Å². The molecule has 7 N–H and O–H groups in total. The molecule has 0 fully saturated rings. The third-order valence-corrected chi connectivity index (χ3v) is 12.2. The molecule has 6 aromatic carbocycles. The molecule has 24 heteroatoms. The molecule has 0 aliphatic carbocycles. The number of hydrogen-bond donors (Lipinski definition) is 6. The summed E-state index contributed by atoms with van der Waals surface area (Å²) in [7, 11) is 0. The monoisotopic (exact) mass is 1230 g/mol. The molecule has 456 valence electrons. The van der Waals surface area contributed by atoms with Crippen LogP contribution in [0.5, 0.6) is 0 Å². The minimum atomic E-state index is -1.57. The number of carboxylic acid groups (broad SMARTS) is 1. The number of nitrogens with one attached hydrogen (secondary N) is 1. The number of ether oxygens (including phenoxy) is 2. The lowest BCUT2D eigenvalue weighted by Gasteiger charge is -2.25. The molecule has 2 aromatic heterocycles. The Bertz CT molecular complexity index is 3480. The Hall–Kier alpha value is -8.32. The average molecular weight is 1230 g/mol. The lowest BCUT2D eigenvalue weighted by molar-refractivity contribution is -0.156. The number of aliphatic hydroxyl groups excluding tert-OH is 3. The number of amides is 1. The van der Waals surface area contributed by atoms with Crippen LogP contribution in [0.25, 0.3) is 44.8 Å². The van der Waals surface area contributed by atoms with Gasteiger partial charge in [-0.2, -0.15) is 0 Å². The third-order valence-electron chi connectivity index (χ3n) is 11.7. The van der Waals surface area contributed by atoms with Crippen molar-refractivity contribution < 1.29 is 75.7 Å². The van der Waals surface area contributed by atoms with Crippen LogP contribution >= 0.6 is 23.2 Å². The lowest BCUT2D eigenvalue weighted by Crippen LogP contribution is -2.47. The van der Waals surface area contributed by atoms with Gasteiger partial charge in [-0.25, -0.2) is 42.0 Å². The number of nitrogens with two attached hydrogens (primary N) is 1. The fourth-order valence-electron chi connectivity index (χ4n) is 7.40. The first-order valence-corrected chi connectivity index (χ1v) is 27.3. The van der Waals surface area contributed by atoms with Crippen molar-refractivity contribution in [1.82, 2.24) is 25.8 Å². The zero-order valence-corrected chi connectivity index (χ0v) is 48.8. The van der Waals surface area contributed by atoms with Gasteiger partial charge in [0.15, 0.2) is 12.2 Å². The number of benzene rings is 6. The normalized spacial score (nSPS) is 11.6. The van der Waals surface area contributed by atoms with E-state index in [1.165, 1.54) is 88.9 Å². The Morgan fingerprint density at radius 2 is 1.02 bits per heavy atom. The molecular weight excluding hydrogens is 1170 g/mol. The molecule has 8 aromatic rings. The van der Waals surface area contributed by atoms with Crippen LogP contribution in [-0.4, -0.2) is 110 Å². The van der Waals surface area contributed by atoms with E-state index < -0.39 is 53.5 Å². The summed E-state index contributed by atoms with van der Waals surface area (Å²) in [6.45, 7) is 9.95. The minimum Gasteiger partial charge on any atom is -0.475 e. The highest BCUT2D eigenvalue weighted by Gasteiger charge is 2.25. The van der Waals surface area contributed by atoms with E-state index in [1.807, 2.05) is 27.7 Å². The molecule has 0 aliphatic rings. The average Bonchev–Trinajstić information content (AvgIpc) is 2.63. The molecule has 0 saturated carbocycles. The maximum atomic E-state index is 14.3. The van der Waals surface area contributed by atoms with Gasteiger partial charge in [-0.15, -0.1) is 0 Å². The van der Waals surface area contributed by atoms with Crippen LogP contribution < -0.4 is 11.3 Å². The number of nitrogens with zero attached hydrogens (tertiary/aromatic N) is 4. The summed E-state index contributed by atoms with van der Waals surface area (Å²) in [5, 5.41) is 47.7. The Balaban J connectivity index is 0.000000252. The number of aliphatic hydroxyl groups is 3. The number of aromatic nitrogens is 2. The molecule has 0 aliphatic heterocycles. The van der Waals surface area contributed by atoms with Crippen molar-refractivity contribution in [3.63, 3.8) is 0 Å². The second-order valence-electron chi connectivity index (χ2n) is 19.7. The van der Waals surface area contributed by atoms with Gasteiger partial charge in [-0.1, -0.05) is 134 Å². The van der Waals surface area contributed by atoms with E-state index in [-0.39, 0.29) is 78.6 Å². The van der Waals surface area contributed by atoms with Crippen LogP contribution in [-0.2, 0) is 32.2 Å². The van der Waals surface area contributed by atoms with E-state index >= 15 is 0 Å². The van der Waals surface area contributed by atoms with Crippen LogP contribution in [0.4, 0.5) is 17.6 Å². The Morgan fingerprint density at radius 1 is 0.593 bits per heavy atom. The maximum absolute atomic E-state index is 14.3. The number of carbonyl (C=O) groups excluding carboxylic acids is 3. The lowest BCUT2D eigenvalue weighted by atomic mass is 10.0. The van der Waals surface area contributed by atoms with Crippen molar-refractivity contribution in [2.45, 2.75) is 59.9 Å². The maximum Gasteiger partial charge on any atom is 0.374 e. The number of esters is 2. The van der Waals surface area contributed by atoms with Crippen molar-refractivity contribution >= 4 is 47.0 Å². The quantitative estimate of drug-likeness (QED) is 0.0169. The molecule has 0 saturated heterocycles. The van der Waals surface area contributed by atoms with Crippen molar-refractivity contribution in [3.8, 4) is 44.8 Å². The highest BCUT2D eigenvalue weighted by atomic mass is 35.5. The first kappa shape index (κ1) is 68.5. The van der Waals surface area contributed by atoms with E-state index in [0.29, 0.717) is 56.9 Å². The second-order valence-corrected chi connectivity index (χ2v) is 20.6. The number of halogens is 6. The smallest absolute Gasteiger partial charge is 0.374 e. The van der Waals surface area contributed by atoms with Crippen molar-refractivity contribution in [2.75, 3.05) is 32.9 Å². The van der Waals surface area contributed by atoms with Crippen LogP contribution in [0, 0.1) is 35.1 Å². The summed E-state index contributed by atoms with van der Waals surface area (Å²) in [6.07, 6.45) is -2.87. The van der Waals surface area contributed by atoms with Gasteiger partial charge in [-0.3, -0.25) is 16.1 Å². The molecule has 2 heterocycles. The predicted molar refractivity (Wildman–Crippen MR) is 313 cm³/mol. The van der Waals surface area contributed by atoms with E-state index in [4.69, 9.17) is 53.3 Å². The summed E-state index contributed by atoms with van der Waals surface area (Å²) in [4.78, 5) is 47.2. The van der Waals surface area contributed by atoms with E-state index in [1.54, 1.807) is 73.7 Å². The minimum absolute atomic E-state index is 0.0485. The van der Waals surface area contributed by atoms with Gasteiger partial charge in [-0.05, 0) is 102 Å². The molecule has 0 bridgehead atoms. The first-order chi connectivity index (χ1) is 41.0. The molecule has 8 rings (SSSR count). The van der Waals surface area contributed by atoms with Gasteiger partial charge < -0.3 is 38.9 Å². The number of hydrogen-bond acceptors (Lipinski definition) is 16. The van der Waals surface area contributed by atoms with Gasteiger partial charge in [0.25, 0.3) is 0 Å². The topological polar surface area (TPSA) is 264 Å². The van der Waals surface area contributed by atoms with Gasteiger partial charge in [0, 0.05) is 64.1 Å². The number of carbonyl (C=O) groups is 4. The van der Waals surface area contributed by atoms with E-state index in [2.05, 4.69) is 20.3 Å². The van der Waals surface area contributed by atoms with Crippen molar-refractivity contribution in [2.24, 2.45) is 17.7 Å². The Morgan fingerprint density at radius 3 is 1.47 bits per heavy atom. The SMILES string of the molecule is CC(C)CO.CC(C)COC(=O)[C@H](O)CN(Cc1ccc(-c2cc(Cl)ccc2F)cc1)NC(=O)c1cc(-c2ccccc2F)no1.CCOC(=O)[C@H](O)CN(N)Cc1ccc(-c2cc(Cl)ccc2F)cc1.O=C(O)c1cc(-c2ccccc2F)no1. The summed E-state index contributed by atoms with van der Waals surface area (Å²) in [5.74, 6) is 0.515. The number of carboxylic acids is 1. The highest BCUT2D eigenvalue weighted by molar-refractivity contribution is 6.31. The number of rotatable bonds is 21. The molecule has 18 nitrogen and oxygen atoms in total. The second kappa shape index (κ2) is 34.0. The van der Waals surface area contributed by atoms with E-state index in [9.17, 15) is 47.0 Å². The highest BCUT2D eigenvalue weighted by Crippen LogP contribution is 2.29. The zero-order chi connectivity index (χ0) is 63.0. The molecule has 0 unspecified atom stereocenters. The number of hydrazine groups is 2. The summed E-state index contributed by atoms with van der Waals surface area (Å²) in [6, 6.07) is 36.9. The molecule has 0 spiro atoms. The fraction of sp³-hybridized carbons (Fsp3) is 0.258. The summed E-state index contributed by atoms with van der Waals surface area (Å²) < 4.78 is 75.1. The molecule has 0 radical (unpaired) electrons. The molecule has 2 atom stereocenters. The molecular formula is C62H64Cl2F4N6O12. The fourth-order valence-corrected chi connectivity index (χ4v) is 7.74.